The third kappa shape index (κ3) is 3.01. The smallest absolute Gasteiger partial charge is 0.326 e. The second-order valence-corrected chi connectivity index (χ2v) is 7.66. The van der Waals surface area contributed by atoms with Gasteiger partial charge < -0.3 is 24.9 Å². The maximum absolute atomic E-state index is 11.2. The van der Waals surface area contributed by atoms with Gasteiger partial charge in [-0.3, -0.25) is 13.9 Å². The maximum Gasteiger partial charge on any atom is 0.363 e. The van der Waals surface area contributed by atoms with Gasteiger partial charge in [0.05, 0.1) is 0 Å². The number of amides is 1. The summed E-state index contributed by atoms with van der Waals surface area (Å²) in [6.07, 6.45) is 0. The molecule has 0 fully saturated rings. The third-order valence-corrected chi connectivity index (χ3v) is 5.93. The highest BCUT2D eigenvalue weighted by molar-refractivity contribution is 7.72. The molecule has 0 heterocycles. The van der Waals surface area contributed by atoms with Crippen LogP contribution in [0, 0.1) is 0 Å². The van der Waals surface area contributed by atoms with Gasteiger partial charge in [0, 0.05) is 5.57 Å². The summed E-state index contributed by atoms with van der Waals surface area (Å²) < 4.78 is 22.0. The molecule has 0 rings (SSSR count). The molecule has 0 saturated heterocycles. The van der Waals surface area contributed by atoms with E-state index in [-0.39, 0.29) is 5.57 Å². The van der Waals surface area contributed by atoms with Gasteiger partial charge in [0.25, 0.3) is 0 Å². The minimum absolute atomic E-state index is 0.131. The van der Waals surface area contributed by atoms with E-state index in [0.29, 0.717) is 6.92 Å². The van der Waals surface area contributed by atoms with Crippen molar-refractivity contribution in [2.24, 2.45) is 0 Å². The molecule has 8 nitrogen and oxygen atoms in total. The molecular weight excluding hydrogens is 260 g/mol. The van der Waals surface area contributed by atoms with Crippen molar-refractivity contribution in [3.8, 4) is 0 Å². The molecule has 0 aromatic rings. The van der Waals surface area contributed by atoms with E-state index in [2.05, 4.69) is 6.58 Å². The summed E-state index contributed by atoms with van der Waals surface area (Å²) in [7, 11) is -10.5. The van der Waals surface area contributed by atoms with Crippen LogP contribution >= 0.6 is 15.2 Å². The summed E-state index contributed by atoms with van der Waals surface area (Å²) >= 11 is 0. The van der Waals surface area contributed by atoms with E-state index in [4.69, 9.17) is 19.6 Å². The molecule has 0 aliphatic heterocycles. The van der Waals surface area contributed by atoms with Crippen LogP contribution in [-0.2, 0) is 13.9 Å². The van der Waals surface area contributed by atoms with Crippen LogP contribution in [0.3, 0.4) is 0 Å². The van der Waals surface area contributed by atoms with Crippen LogP contribution in [0.25, 0.3) is 0 Å². The number of hydrogen-bond acceptors (Lipinski definition) is 3. The van der Waals surface area contributed by atoms with Crippen LogP contribution < -0.4 is 5.32 Å². The summed E-state index contributed by atoms with van der Waals surface area (Å²) in [5.74, 6) is -1.05. The monoisotopic (exact) mass is 273 g/mol. The van der Waals surface area contributed by atoms with E-state index in [9.17, 15) is 13.9 Å². The van der Waals surface area contributed by atoms with Gasteiger partial charge in [0.2, 0.25) is 10.9 Å². The molecule has 0 atom stereocenters. The van der Waals surface area contributed by atoms with E-state index in [1.54, 1.807) is 5.32 Å². The molecule has 94 valence electrons. The van der Waals surface area contributed by atoms with Crippen molar-refractivity contribution in [3.63, 3.8) is 0 Å². The van der Waals surface area contributed by atoms with Crippen LogP contribution in [0.2, 0.25) is 0 Å². The largest absolute Gasteiger partial charge is 0.363 e. The van der Waals surface area contributed by atoms with Crippen molar-refractivity contribution in [1.82, 2.24) is 5.32 Å². The summed E-state index contributed by atoms with van der Waals surface area (Å²) in [5.41, 5.74) is -0.131. The first-order chi connectivity index (χ1) is 6.83. The zero-order chi connectivity index (χ0) is 13.4. The van der Waals surface area contributed by atoms with Crippen molar-refractivity contribution >= 4 is 21.1 Å². The molecule has 0 aliphatic rings. The highest BCUT2D eigenvalue weighted by Gasteiger charge is 2.57. The quantitative estimate of drug-likeness (QED) is 0.349. The zero-order valence-corrected chi connectivity index (χ0v) is 10.4. The summed E-state index contributed by atoms with van der Waals surface area (Å²) in [4.78, 5) is 46.7. The Morgan fingerprint density at radius 1 is 1.19 bits per heavy atom. The molecule has 10 heteroatoms. The first-order valence-corrected chi connectivity index (χ1v) is 7.14. The van der Waals surface area contributed by atoms with Crippen LogP contribution in [0.1, 0.15) is 13.8 Å². The Bertz CT molecular complexity index is 383. The predicted molar refractivity (Wildman–Crippen MR) is 55.4 cm³/mol. The number of rotatable bonds is 4. The lowest BCUT2D eigenvalue weighted by Crippen LogP contribution is -2.45. The average Bonchev–Trinajstić information content (AvgIpc) is 1.99. The van der Waals surface area contributed by atoms with E-state index in [1.165, 1.54) is 6.92 Å². The fourth-order valence-corrected chi connectivity index (χ4v) is 2.49. The van der Waals surface area contributed by atoms with Gasteiger partial charge in [0.1, 0.15) is 0 Å². The van der Waals surface area contributed by atoms with E-state index in [0.717, 1.165) is 0 Å². The van der Waals surface area contributed by atoms with E-state index < -0.39 is 26.1 Å². The Balaban J connectivity index is 5.48. The standard InChI is InChI=1S/C6H13NO7P2/c1-4(2)5(8)7-6(3,15(9,10)11)16(12,13)14/h1H2,2-3H3,(H,7,8)(H2,9,10,11)(H2,12,13,14). The zero-order valence-electron chi connectivity index (χ0n) is 8.62. The molecular formula is C6H13NO7P2. The van der Waals surface area contributed by atoms with Gasteiger partial charge in [-0.15, -0.1) is 0 Å². The molecule has 0 radical (unpaired) electrons. The topological polar surface area (TPSA) is 144 Å². The second-order valence-electron chi connectivity index (χ2n) is 3.34. The van der Waals surface area contributed by atoms with Gasteiger partial charge in [-0.25, -0.2) is 0 Å². The van der Waals surface area contributed by atoms with Crippen LogP contribution in [0.15, 0.2) is 12.2 Å². The predicted octanol–water partition coefficient (Wildman–Crippen LogP) is -0.292. The maximum atomic E-state index is 11.2. The number of nitrogens with one attached hydrogen (secondary N) is 1. The Kier molecular flexibility index (Phi) is 4.27. The molecule has 0 aromatic carbocycles. The van der Waals surface area contributed by atoms with Crippen LogP contribution in [0.4, 0.5) is 0 Å². The first-order valence-electron chi connectivity index (χ1n) is 3.92. The number of hydrogen-bond donors (Lipinski definition) is 5. The minimum atomic E-state index is -5.24. The Labute approximate surface area is 91.7 Å². The molecule has 1 amide bonds. The lowest BCUT2D eigenvalue weighted by molar-refractivity contribution is -0.118. The number of carbonyl (C=O) groups excluding carboxylic acids is 1. The number of carbonyl (C=O) groups is 1. The highest BCUT2D eigenvalue weighted by Crippen LogP contribution is 2.67. The van der Waals surface area contributed by atoms with E-state index >= 15 is 0 Å². The van der Waals surface area contributed by atoms with Gasteiger partial charge in [-0.2, -0.15) is 0 Å². The van der Waals surface area contributed by atoms with Crippen molar-refractivity contribution in [2.75, 3.05) is 0 Å². The van der Waals surface area contributed by atoms with Crippen molar-refractivity contribution in [2.45, 2.75) is 18.9 Å². The molecule has 0 aromatic heterocycles. The Hall–Kier alpha value is -0.490. The second kappa shape index (κ2) is 4.41. The molecule has 5 N–H and O–H groups in total. The summed E-state index contributed by atoms with van der Waals surface area (Å²) in [6, 6.07) is 0. The Morgan fingerprint density at radius 3 is 1.69 bits per heavy atom. The summed E-state index contributed by atoms with van der Waals surface area (Å²) in [6.45, 7) is 5.00. The fraction of sp³-hybridized carbons (Fsp3) is 0.500. The van der Waals surface area contributed by atoms with Gasteiger partial charge >= 0.3 is 15.2 Å². The molecule has 0 saturated carbocycles. The highest BCUT2D eigenvalue weighted by atomic mass is 31.2. The van der Waals surface area contributed by atoms with Gasteiger partial charge in [-0.1, -0.05) is 6.58 Å². The van der Waals surface area contributed by atoms with Crippen LogP contribution in [0.5, 0.6) is 0 Å². The first kappa shape index (κ1) is 15.5. The Morgan fingerprint density at radius 2 is 1.50 bits per heavy atom. The molecule has 16 heavy (non-hydrogen) atoms. The molecule has 0 spiro atoms. The lowest BCUT2D eigenvalue weighted by Gasteiger charge is -2.31. The normalized spacial score (nSPS) is 13.4. The fourth-order valence-electron chi connectivity index (χ4n) is 0.637. The van der Waals surface area contributed by atoms with Crippen molar-refractivity contribution in [3.05, 3.63) is 12.2 Å². The molecule has 0 bridgehead atoms. The minimum Gasteiger partial charge on any atom is -0.326 e. The van der Waals surface area contributed by atoms with Crippen LogP contribution in [-0.4, -0.2) is 30.5 Å². The average molecular weight is 273 g/mol. The van der Waals surface area contributed by atoms with E-state index in [1.807, 2.05) is 0 Å². The SMILES string of the molecule is C=C(C)C(=O)NC(C)(P(=O)(O)O)P(=O)(O)O. The third-order valence-electron chi connectivity index (χ3n) is 1.87. The summed E-state index contributed by atoms with van der Waals surface area (Å²) in [5, 5.41) is -1.34. The lowest BCUT2D eigenvalue weighted by atomic mass is 10.3. The molecule has 0 unspecified atom stereocenters. The van der Waals surface area contributed by atoms with Gasteiger partial charge in [-0.05, 0) is 13.8 Å². The van der Waals surface area contributed by atoms with Crippen molar-refractivity contribution < 1.29 is 33.5 Å². The van der Waals surface area contributed by atoms with Gasteiger partial charge in [0.15, 0.2) is 0 Å². The van der Waals surface area contributed by atoms with Crippen molar-refractivity contribution in [1.29, 1.82) is 0 Å². The molecule has 0 aliphatic carbocycles.